The molecule has 0 spiro atoms. The number of hydrogen-bond acceptors (Lipinski definition) is 3. The first-order valence-electron chi connectivity index (χ1n) is 6.79. The lowest BCUT2D eigenvalue weighted by atomic mass is 10.2. The minimum atomic E-state index is 0.718. The second-order valence-electron chi connectivity index (χ2n) is 5.05. The van der Waals surface area contributed by atoms with Gasteiger partial charge in [-0.05, 0) is 31.0 Å². The van der Waals surface area contributed by atoms with E-state index in [1.807, 2.05) is 18.5 Å². The lowest BCUT2D eigenvalue weighted by Crippen LogP contribution is -2.19. The van der Waals surface area contributed by atoms with Crippen molar-refractivity contribution < 1.29 is 0 Å². The highest BCUT2D eigenvalue weighted by molar-refractivity contribution is 5.64. The highest BCUT2D eigenvalue weighted by Gasteiger charge is 2.20. The van der Waals surface area contributed by atoms with Crippen LogP contribution in [-0.2, 0) is 6.54 Å². The standard InChI is InChI=1S/C16H19N3/c1-19(15-5-3-2-4-6-15)16-9-10-17-11-13(16)12-18-14-7-8-14/h2-6,9-11,14,18H,7-8,12H2,1H3. The Labute approximate surface area is 114 Å². The van der Waals surface area contributed by atoms with Gasteiger partial charge in [0.05, 0.1) is 0 Å². The molecule has 0 bridgehead atoms. The molecule has 98 valence electrons. The third kappa shape index (κ3) is 2.93. The summed E-state index contributed by atoms with van der Waals surface area (Å²) in [5.74, 6) is 0. The summed E-state index contributed by atoms with van der Waals surface area (Å²) in [7, 11) is 2.10. The van der Waals surface area contributed by atoms with Gasteiger partial charge in [0.25, 0.3) is 0 Å². The smallest absolute Gasteiger partial charge is 0.0484 e. The van der Waals surface area contributed by atoms with Gasteiger partial charge in [0.15, 0.2) is 0 Å². The third-order valence-electron chi connectivity index (χ3n) is 3.54. The van der Waals surface area contributed by atoms with Crippen molar-refractivity contribution >= 4 is 11.4 Å². The lowest BCUT2D eigenvalue weighted by molar-refractivity contribution is 0.685. The van der Waals surface area contributed by atoms with Gasteiger partial charge in [0.1, 0.15) is 0 Å². The number of nitrogens with zero attached hydrogens (tertiary/aromatic N) is 2. The Hall–Kier alpha value is -1.87. The quantitative estimate of drug-likeness (QED) is 0.887. The number of hydrogen-bond donors (Lipinski definition) is 1. The van der Waals surface area contributed by atoms with E-state index in [-0.39, 0.29) is 0 Å². The number of rotatable bonds is 5. The van der Waals surface area contributed by atoms with Crippen molar-refractivity contribution in [3.8, 4) is 0 Å². The van der Waals surface area contributed by atoms with E-state index in [0.29, 0.717) is 0 Å². The summed E-state index contributed by atoms with van der Waals surface area (Å²) in [5, 5.41) is 3.55. The molecular weight excluding hydrogens is 234 g/mol. The van der Waals surface area contributed by atoms with E-state index in [1.54, 1.807) is 0 Å². The Balaban J connectivity index is 1.82. The van der Waals surface area contributed by atoms with Crippen LogP contribution in [0.15, 0.2) is 48.8 Å². The maximum Gasteiger partial charge on any atom is 0.0484 e. The Bertz CT molecular complexity index is 535. The minimum Gasteiger partial charge on any atom is -0.344 e. The first-order chi connectivity index (χ1) is 9.34. The van der Waals surface area contributed by atoms with Gasteiger partial charge in [-0.2, -0.15) is 0 Å². The van der Waals surface area contributed by atoms with E-state index in [9.17, 15) is 0 Å². The number of aromatic nitrogens is 1. The van der Waals surface area contributed by atoms with E-state index in [1.165, 1.54) is 29.8 Å². The largest absolute Gasteiger partial charge is 0.344 e. The molecule has 0 unspecified atom stereocenters. The predicted octanol–water partition coefficient (Wildman–Crippen LogP) is 3.10. The Kier molecular flexibility index (Phi) is 3.47. The molecule has 0 amide bonds. The second kappa shape index (κ2) is 5.41. The summed E-state index contributed by atoms with van der Waals surface area (Å²) >= 11 is 0. The zero-order valence-electron chi connectivity index (χ0n) is 11.2. The minimum absolute atomic E-state index is 0.718. The topological polar surface area (TPSA) is 28.2 Å². The van der Waals surface area contributed by atoms with Crippen LogP contribution >= 0.6 is 0 Å². The van der Waals surface area contributed by atoms with E-state index >= 15 is 0 Å². The molecule has 0 atom stereocenters. The van der Waals surface area contributed by atoms with Crippen molar-refractivity contribution in [3.63, 3.8) is 0 Å². The van der Waals surface area contributed by atoms with E-state index in [0.717, 1.165) is 12.6 Å². The molecule has 3 rings (SSSR count). The summed E-state index contributed by atoms with van der Waals surface area (Å²) in [6.07, 6.45) is 6.44. The Morgan fingerprint density at radius 3 is 2.74 bits per heavy atom. The van der Waals surface area contributed by atoms with Gasteiger partial charge in [0, 0.05) is 49.0 Å². The SMILES string of the molecule is CN(c1ccccc1)c1ccncc1CNC1CC1. The van der Waals surface area contributed by atoms with Crippen molar-refractivity contribution in [2.45, 2.75) is 25.4 Å². The maximum atomic E-state index is 4.25. The van der Waals surface area contributed by atoms with Gasteiger partial charge < -0.3 is 10.2 Å². The third-order valence-corrected chi connectivity index (χ3v) is 3.54. The molecular formula is C16H19N3. The molecule has 1 aromatic carbocycles. The summed E-state index contributed by atoms with van der Waals surface area (Å²) in [4.78, 5) is 6.47. The van der Waals surface area contributed by atoms with Crippen LogP contribution in [0.3, 0.4) is 0 Å². The Morgan fingerprint density at radius 2 is 2.00 bits per heavy atom. The molecule has 19 heavy (non-hydrogen) atoms. The van der Waals surface area contributed by atoms with Gasteiger partial charge >= 0.3 is 0 Å². The average Bonchev–Trinajstić information content (AvgIpc) is 3.30. The number of para-hydroxylation sites is 1. The summed E-state index contributed by atoms with van der Waals surface area (Å²) in [5.41, 5.74) is 3.66. The van der Waals surface area contributed by atoms with Crippen molar-refractivity contribution in [3.05, 3.63) is 54.4 Å². The van der Waals surface area contributed by atoms with Crippen molar-refractivity contribution in [2.75, 3.05) is 11.9 Å². The fourth-order valence-electron chi connectivity index (χ4n) is 2.22. The van der Waals surface area contributed by atoms with E-state index in [2.05, 4.69) is 52.6 Å². The molecule has 0 saturated heterocycles. The van der Waals surface area contributed by atoms with Gasteiger partial charge in [0.2, 0.25) is 0 Å². The predicted molar refractivity (Wildman–Crippen MR) is 78.6 cm³/mol. The van der Waals surface area contributed by atoms with Gasteiger partial charge in [-0.1, -0.05) is 18.2 Å². The molecule has 3 heteroatoms. The molecule has 0 aliphatic heterocycles. The van der Waals surface area contributed by atoms with Gasteiger partial charge in [-0.3, -0.25) is 4.98 Å². The van der Waals surface area contributed by atoms with Crippen LogP contribution < -0.4 is 10.2 Å². The number of anilines is 2. The molecule has 2 aromatic rings. The van der Waals surface area contributed by atoms with E-state index in [4.69, 9.17) is 0 Å². The fraction of sp³-hybridized carbons (Fsp3) is 0.312. The zero-order chi connectivity index (χ0) is 13.1. The molecule has 1 saturated carbocycles. The number of pyridine rings is 1. The molecule has 1 aromatic heterocycles. The van der Waals surface area contributed by atoms with Gasteiger partial charge in [-0.15, -0.1) is 0 Å². The fourth-order valence-corrected chi connectivity index (χ4v) is 2.22. The van der Waals surface area contributed by atoms with Crippen LogP contribution in [0, 0.1) is 0 Å². The summed E-state index contributed by atoms with van der Waals surface area (Å²) < 4.78 is 0. The monoisotopic (exact) mass is 253 g/mol. The zero-order valence-corrected chi connectivity index (χ0v) is 11.2. The normalized spacial score (nSPS) is 14.4. The summed E-state index contributed by atoms with van der Waals surface area (Å²) in [6.45, 7) is 0.894. The van der Waals surface area contributed by atoms with Crippen molar-refractivity contribution in [1.29, 1.82) is 0 Å². The van der Waals surface area contributed by atoms with E-state index < -0.39 is 0 Å². The molecule has 1 N–H and O–H groups in total. The van der Waals surface area contributed by atoms with Crippen molar-refractivity contribution in [2.24, 2.45) is 0 Å². The van der Waals surface area contributed by atoms with Crippen molar-refractivity contribution in [1.82, 2.24) is 10.3 Å². The first kappa shape index (κ1) is 12.2. The van der Waals surface area contributed by atoms with Crippen LogP contribution in [0.5, 0.6) is 0 Å². The van der Waals surface area contributed by atoms with Crippen LogP contribution in [0.4, 0.5) is 11.4 Å². The van der Waals surface area contributed by atoms with Crippen LogP contribution in [0.2, 0.25) is 0 Å². The molecule has 3 nitrogen and oxygen atoms in total. The molecule has 1 aliphatic rings. The van der Waals surface area contributed by atoms with Crippen LogP contribution in [-0.4, -0.2) is 18.1 Å². The number of nitrogens with one attached hydrogen (secondary N) is 1. The highest BCUT2D eigenvalue weighted by atomic mass is 15.1. The molecule has 1 aliphatic carbocycles. The number of benzene rings is 1. The van der Waals surface area contributed by atoms with Gasteiger partial charge in [-0.25, -0.2) is 0 Å². The average molecular weight is 253 g/mol. The molecule has 0 radical (unpaired) electrons. The lowest BCUT2D eigenvalue weighted by Gasteiger charge is -2.22. The second-order valence-corrected chi connectivity index (χ2v) is 5.05. The Morgan fingerprint density at radius 1 is 1.21 bits per heavy atom. The first-order valence-corrected chi connectivity index (χ1v) is 6.79. The highest BCUT2D eigenvalue weighted by Crippen LogP contribution is 2.27. The van der Waals surface area contributed by atoms with Crippen LogP contribution in [0.25, 0.3) is 0 Å². The maximum absolute atomic E-state index is 4.25. The molecule has 1 heterocycles. The van der Waals surface area contributed by atoms with Crippen LogP contribution in [0.1, 0.15) is 18.4 Å². The molecule has 1 fully saturated rings. The summed E-state index contributed by atoms with van der Waals surface area (Å²) in [6, 6.07) is 13.2.